The van der Waals surface area contributed by atoms with Crippen molar-refractivity contribution in [1.82, 2.24) is 9.88 Å². The number of hydrogen-bond donors (Lipinski definition) is 0. The molecule has 5 heteroatoms. The van der Waals surface area contributed by atoms with Crippen molar-refractivity contribution in [2.45, 2.75) is 26.0 Å². The zero-order chi connectivity index (χ0) is 16.4. The van der Waals surface area contributed by atoms with Gasteiger partial charge in [0.1, 0.15) is 6.10 Å². The Morgan fingerprint density at radius 3 is 2.87 bits per heavy atom. The standard InChI is InChI=1S/C18H19ClN2O2/c1-12-5-3-4-6-14(12)17-10-21(13(2)11-23-17)18(22)15-7-8-20-9-16(15)19/h3-9,13,17H,10-11H2,1-2H3. The molecule has 2 unspecified atom stereocenters. The number of benzene rings is 1. The first kappa shape index (κ1) is 16.0. The molecule has 3 rings (SSSR count). The molecule has 4 nitrogen and oxygen atoms in total. The Morgan fingerprint density at radius 2 is 2.13 bits per heavy atom. The van der Waals surface area contributed by atoms with E-state index in [9.17, 15) is 4.79 Å². The Bertz CT molecular complexity index is 720. The first-order valence-corrected chi connectivity index (χ1v) is 8.03. The second-order valence-electron chi connectivity index (χ2n) is 5.84. The van der Waals surface area contributed by atoms with Crippen molar-refractivity contribution >= 4 is 17.5 Å². The van der Waals surface area contributed by atoms with Gasteiger partial charge in [-0.2, -0.15) is 0 Å². The van der Waals surface area contributed by atoms with Crippen LogP contribution in [0.4, 0.5) is 0 Å². The van der Waals surface area contributed by atoms with E-state index in [0.717, 1.165) is 5.56 Å². The van der Waals surface area contributed by atoms with Crippen LogP contribution >= 0.6 is 11.6 Å². The van der Waals surface area contributed by atoms with Gasteiger partial charge in [0.25, 0.3) is 5.91 Å². The molecule has 2 atom stereocenters. The number of carbonyl (C=O) groups excluding carboxylic acids is 1. The van der Waals surface area contributed by atoms with Crippen LogP contribution in [0.1, 0.15) is 34.5 Å². The third-order valence-electron chi connectivity index (χ3n) is 4.23. The predicted octanol–water partition coefficient (Wildman–Crippen LogP) is 3.65. The Balaban J connectivity index is 1.86. The summed E-state index contributed by atoms with van der Waals surface area (Å²) >= 11 is 6.12. The lowest BCUT2D eigenvalue weighted by Crippen LogP contribution is -2.48. The Kier molecular flexibility index (Phi) is 4.64. The molecule has 1 amide bonds. The van der Waals surface area contributed by atoms with Gasteiger partial charge in [0.2, 0.25) is 0 Å². The number of hydrogen-bond acceptors (Lipinski definition) is 3. The number of amides is 1. The van der Waals surface area contributed by atoms with Gasteiger partial charge < -0.3 is 9.64 Å². The second-order valence-corrected chi connectivity index (χ2v) is 6.25. The molecule has 1 aliphatic rings. The fraction of sp³-hybridized carbons (Fsp3) is 0.333. The van der Waals surface area contributed by atoms with E-state index in [1.54, 1.807) is 12.3 Å². The van der Waals surface area contributed by atoms with Crippen molar-refractivity contribution in [3.8, 4) is 0 Å². The lowest BCUT2D eigenvalue weighted by molar-refractivity contribution is -0.0489. The molecule has 0 spiro atoms. The normalized spacial score (nSPS) is 21.3. The van der Waals surface area contributed by atoms with Gasteiger partial charge in [-0.25, -0.2) is 0 Å². The minimum Gasteiger partial charge on any atom is -0.370 e. The van der Waals surface area contributed by atoms with E-state index in [0.29, 0.717) is 23.7 Å². The summed E-state index contributed by atoms with van der Waals surface area (Å²) in [5.74, 6) is -0.0771. The Morgan fingerprint density at radius 1 is 1.35 bits per heavy atom. The zero-order valence-corrected chi connectivity index (χ0v) is 14.0. The number of ether oxygens (including phenoxy) is 1. The van der Waals surface area contributed by atoms with Crippen molar-refractivity contribution < 1.29 is 9.53 Å². The lowest BCUT2D eigenvalue weighted by atomic mass is 10.0. The molecular formula is C18H19ClN2O2. The number of rotatable bonds is 2. The summed E-state index contributed by atoms with van der Waals surface area (Å²) in [5, 5.41) is 0.378. The fourth-order valence-corrected chi connectivity index (χ4v) is 3.08. The minimum absolute atomic E-state index is 0.00648. The van der Waals surface area contributed by atoms with Crippen LogP contribution in [0.3, 0.4) is 0 Å². The molecule has 0 saturated carbocycles. The van der Waals surface area contributed by atoms with Gasteiger partial charge in [0.15, 0.2) is 0 Å². The van der Waals surface area contributed by atoms with Gasteiger partial charge in [-0.3, -0.25) is 9.78 Å². The van der Waals surface area contributed by atoms with Crippen LogP contribution in [0.25, 0.3) is 0 Å². The van der Waals surface area contributed by atoms with Gasteiger partial charge >= 0.3 is 0 Å². The molecular weight excluding hydrogens is 312 g/mol. The molecule has 0 aliphatic carbocycles. The first-order valence-electron chi connectivity index (χ1n) is 7.65. The van der Waals surface area contributed by atoms with Crippen molar-refractivity contribution in [2.75, 3.05) is 13.2 Å². The third kappa shape index (κ3) is 3.23. The Hall–Kier alpha value is -1.91. The van der Waals surface area contributed by atoms with E-state index < -0.39 is 0 Å². The van der Waals surface area contributed by atoms with Crippen LogP contribution in [0, 0.1) is 6.92 Å². The number of aromatic nitrogens is 1. The van der Waals surface area contributed by atoms with Crippen molar-refractivity contribution in [2.24, 2.45) is 0 Å². The molecule has 0 radical (unpaired) electrons. The van der Waals surface area contributed by atoms with Crippen LogP contribution in [0.5, 0.6) is 0 Å². The first-order chi connectivity index (χ1) is 11.1. The highest BCUT2D eigenvalue weighted by Gasteiger charge is 2.32. The molecule has 2 aromatic rings. The molecule has 1 aromatic heterocycles. The molecule has 1 aromatic carbocycles. The molecule has 0 bridgehead atoms. The lowest BCUT2D eigenvalue weighted by Gasteiger charge is -2.38. The van der Waals surface area contributed by atoms with Crippen molar-refractivity contribution in [3.05, 3.63) is 64.4 Å². The maximum absolute atomic E-state index is 12.9. The highest BCUT2D eigenvalue weighted by molar-refractivity contribution is 6.33. The smallest absolute Gasteiger partial charge is 0.255 e. The summed E-state index contributed by atoms with van der Waals surface area (Å²) in [7, 11) is 0. The summed E-state index contributed by atoms with van der Waals surface area (Å²) in [6.07, 6.45) is 2.97. The summed E-state index contributed by atoms with van der Waals surface area (Å²) in [6, 6.07) is 9.78. The maximum Gasteiger partial charge on any atom is 0.255 e. The van der Waals surface area contributed by atoms with Crippen LogP contribution in [-0.4, -0.2) is 35.0 Å². The summed E-state index contributed by atoms with van der Waals surface area (Å²) in [5.41, 5.74) is 2.78. The van der Waals surface area contributed by atoms with Crippen molar-refractivity contribution in [3.63, 3.8) is 0 Å². The molecule has 1 fully saturated rings. The molecule has 120 valence electrons. The quantitative estimate of drug-likeness (QED) is 0.844. The van der Waals surface area contributed by atoms with Gasteiger partial charge in [0.05, 0.1) is 29.8 Å². The number of aryl methyl sites for hydroxylation is 1. The number of morpholine rings is 1. The summed E-state index contributed by atoms with van der Waals surface area (Å²) in [4.78, 5) is 18.6. The monoisotopic (exact) mass is 330 g/mol. The van der Waals surface area contributed by atoms with Gasteiger partial charge in [-0.05, 0) is 31.0 Å². The minimum atomic E-state index is -0.114. The molecule has 1 saturated heterocycles. The van der Waals surface area contributed by atoms with Crippen LogP contribution in [0.2, 0.25) is 5.02 Å². The van der Waals surface area contributed by atoms with Gasteiger partial charge in [0, 0.05) is 12.4 Å². The largest absolute Gasteiger partial charge is 0.370 e. The second kappa shape index (κ2) is 6.69. The summed E-state index contributed by atoms with van der Waals surface area (Å²) in [6.45, 7) is 5.07. The average Bonchev–Trinajstić information content (AvgIpc) is 2.56. The number of pyridine rings is 1. The van der Waals surface area contributed by atoms with E-state index in [4.69, 9.17) is 16.3 Å². The molecule has 0 N–H and O–H groups in total. The fourth-order valence-electron chi connectivity index (χ4n) is 2.88. The SMILES string of the molecule is Cc1ccccc1C1CN(C(=O)c2ccncc2Cl)C(C)CO1. The molecule has 23 heavy (non-hydrogen) atoms. The predicted molar refractivity (Wildman–Crippen MR) is 89.6 cm³/mol. The topological polar surface area (TPSA) is 42.4 Å². The Labute approximate surface area is 141 Å². The zero-order valence-electron chi connectivity index (χ0n) is 13.2. The number of halogens is 1. The summed E-state index contributed by atoms with van der Waals surface area (Å²) < 4.78 is 5.96. The van der Waals surface area contributed by atoms with E-state index in [-0.39, 0.29) is 18.1 Å². The van der Waals surface area contributed by atoms with E-state index in [1.807, 2.05) is 24.0 Å². The molecule has 2 heterocycles. The van der Waals surface area contributed by atoms with E-state index >= 15 is 0 Å². The van der Waals surface area contributed by atoms with Gasteiger partial charge in [-0.1, -0.05) is 35.9 Å². The van der Waals surface area contributed by atoms with Crippen molar-refractivity contribution in [1.29, 1.82) is 0 Å². The van der Waals surface area contributed by atoms with Crippen LogP contribution in [0.15, 0.2) is 42.7 Å². The maximum atomic E-state index is 12.9. The third-order valence-corrected chi connectivity index (χ3v) is 4.53. The van der Waals surface area contributed by atoms with Crippen LogP contribution < -0.4 is 0 Å². The van der Waals surface area contributed by atoms with Crippen LogP contribution in [-0.2, 0) is 4.74 Å². The number of nitrogens with zero attached hydrogens (tertiary/aromatic N) is 2. The highest BCUT2D eigenvalue weighted by Crippen LogP contribution is 2.29. The van der Waals surface area contributed by atoms with Gasteiger partial charge in [-0.15, -0.1) is 0 Å². The number of carbonyl (C=O) groups is 1. The van der Waals surface area contributed by atoms with E-state index in [1.165, 1.54) is 11.8 Å². The molecule has 1 aliphatic heterocycles. The van der Waals surface area contributed by atoms with E-state index in [2.05, 4.69) is 24.0 Å². The average molecular weight is 331 g/mol. The highest BCUT2D eigenvalue weighted by atomic mass is 35.5.